The highest BCUT2D eigenvalue weighted by Gasteiger charge is 2.40. The van der Waals surface area contributed by atoms with Gasteiger partial charge in [0.1, 0.15) is 5.75 Å². The second-order valence-electron chi connectivity index (χ2n) is 7.77. The first-order chi connectivity index (χ1) is 16.7. The molecule has 3 rings (SSSR count). The van der Waals surface area contributed by atoms with E-state index in [1.807, 2.05) is 0 Å². The lowest BCUT2D eigenvalue weighted by Gasteiger charge is -2.21. The fourth-order valence-electron chi connectivity index (χ4n) is 3.32. The Balaban J connectivity index is 1.45. The number of hydrogen-bond acceptors (Lipinski definition) is 5. The average Bonchev–Trinajstić information content (AvgIpc) is 3.16. The Hall–Kier alpha value is -3.88. The highest BCUT2D eigenvalue weighted by molar-refractivity contribution is 6.28. The Labute approximate surface area is 200 Å². The van der Waals surface area contributed by atoms with Crippen LogP contribution in [0, 0.1) is 0 Å². The Bertz CT molecular complexity index is 1090. The number of carbonyl (C=O) groups is 3. The number of carbonyl (C=O) groups excluding carboxylic acids is 3. The maximum absolute atomic E-state index is 13.0. The van der Waals surface area contributed by atoms with Crippen LogP contribution in [0.4, 0.5) is 18.9 Å². The molecule has 0 aliphatic carbocycles. The van der Waals surface area contributed by atoms with Crippen LogP contribution in [0.1, 0.15) is 30.9 Å². The van der Waals surface area contributed by atoms with E-state index < -0.39 is 30.1 Å². The van der Waals surface area contributed by atoms with Gasteiger partial charge < -0.3 is 9.47 Å². The van der Waals surface area contributed by atoms with Crippen molar-refractivity contribution >= 4 is 29.5 Å². The molecule has 9 heteroatoms. The van der Waals surface area contributed by atoms with Crippen LogP contribution in [0.15, 0.2) is 66.8 Å². The molecule has 1 heterocycles. The van der Waals surface area contributed by atoms with Crippen molar-refractivity contribution in [2.45, 2.75) is 38.5 Å². The molecule has 2 aromatic carbocycles. The van der Waals surface area contributed by atoms with Crippen molar-refractivity contribution in [2.75, 3.05) is 11.5 Å². The van der Waals surface area contributed by atoms with Crippen molar-refractivity contribution in [3.63, 3.8) is 0 Å². The molecule has 1 atom stereocenters. The molecular formula is C26H24F3NO5. The van der Waals surface area contributed by atoms with Crippen LogP contribution >= 0.6 is 0 Å². The quantitative estimate of drug-likeness (QED) is 0.267. The van der Waals surface area contributed by atoms with E-state index in [1.54, 1.807) is 43.3 Å². The highest BCUT2D eigenvalue weighted by atomic mass is 19.4. The Morgan fingerprint density at radius 1 is 1.00 bits per heavy atom. The van der Waals surface area contributed by atoms with E-state index in [0.29, 0.717) is 24.1 Å². The van der Waals surface area contributed by atoms with Gasteiger partial charge in [-0.1, -0.05) is 37.6 Å². The maximum atomic E-state index is 13.0. The van der Waals surface area contributed by atoms with Gasteiger partial charge in [-0.2, -0.15) is 13.2 Å². The third-order valence-corrected chi connectivity index (χ3v) is 5.13. The molecule has 184 valence electrons. The molecule has 1 aliphatic rings. The molecule has 0 radical (unpaired) electrons. The number of nitrogens with zero attached hydrogens (tertiary/aromatic N) is 1. The molecule has 2 aromatic rings. The van der Waals surface area contributed by atoms with Gasteiger partial charge in [0, 0.05) is 24.6 Å². The summed E-state index contributed by atoms with van der Waals surface area (Å²) >= 11 is 0. The minimum Gasteiger partial charge on any atom is -0.481 e. The summed E-state index contributed by atoms with van der Waals surface area (Å²) in [6, 6.07) is 12.7. The van der Waals surface area contributed by atoms with Gasteiger partial charge in [-0.15, -0.1) is 0 Å². The Morgan fingerprint density at radius 2 is 1.63 bits per heavy atom. The number of amides is 2. The standard InChI is InChI=1S/C26H24F3NO5/c1-2-3-22(26(27,28)29)35-21-11-6-18(7-12-21)8-15-25(33)34-17-16-19-4-9-20(10-5-19)30-23(31)13-14-24(30)32/h4-15,22H,2-3,16-17H2,1H3/b15-8+. The van der Waals surface area contributed by atoms with Crippen molar-refractivity contribution in [3.8, 4) is 5.75 Å². The smallest absolute Gasteiger partial charge is 0.425 e. The fraction of sp³-hybridized carbons (Fsp3) is 0.269. The summed E-state index contributed by atoms with van der Waals surface area (Å²) in [7, 11) is 0. The van der Waals surface area contributed by atoms with Gasteiger partial charge in [-0.3, -0.25) is 9.59 Å². The molecule has 0 fully saturated rings. The van der Waals surface area contributed by atoms with E-state index in [4.69, 9.17) is 9.47 Å². The van der Waals surface area contributed by atoms with Gasteiger partial charge in [0.05, 0.1) is 12.3 Å². The molecule has 35 heavy (non-hydrogen) atoms. The maximum Gasteiger partial charge on any atom is 0.425 e. The molecule has 0 aromatic heterocycles. The van der Waals surface area contributed by atoms with Crippen molar-refractivity contribution in [2.24, 2.45) is 0 Å². The lowest BCUT2D eigenvalue weighted by molar-refractivity contribution is -0.196. The van der Waals surface area contributed by atoms with Crippen molar-refractivity contribution in [1.82, 2.24) is 0 Å². The molecule has 0 bridgehead atoms. The van der Waals surface area contributed by atoms with Crippen molar-refractivity contribution in [1.29, 1.82) is 0 Å². The largest absolute Gasteiger partial charge is 0.481 e. The number of hydrogen-bond donors (Lipinski definition) is 0. The van der Waals surface area contributed by atoms with E-state index in [1.165, 1.54) is 36.4 Å². The lowest BCUT2D eigenvalue weighted by Crippen LogP contribution is -2.34. The normalized spacial score (nSPS) is 14.6. The zero-order valence-corrected chi connectivity index (χ0v) is 19.0. The zero-order chi connectivity index (χ0) is 25.4. The molecular weight excluding hydrogens is 463 g/mol. The summed E-state index contributed by atoms with van der Waals surface area (Å²) in [5, 5.41) is 0. The first-order valence-electron chi connectivity index (χ1n) is 11.0. The highest BCUT2D eigenvalue weighted by Crippen LogP contribution is 2.28. The van der Waals surface area contributed by atoms with Crippen LogP contribution in [-0.4, -0.2) is 36.7 Å². The number of alkyl halides is 3. The van der Waals surface area contributed by atoms with E-state index in [0.717, 1.165) is 10.5 Å². The summed E-state index contributed by atoms with van der Waals surface area (Å²) in [6.45, 7) is 1.78. The van der Waals surface area contributed by atoms with Gasteiger partial charge in [0.15, 0.2) is 6.10 Å². The van der Waals surface area contributed by atoms with E-state index in [-0.39, 0.29) is 18.8 Å². The van der Waals surface area contributed by atoms with Crippen molar-refractivity contribution in [3.05, 3.63) is 77.9 Å². The number of halogens is 3. The summed E-state index contributed by atoms with van der Waals surface area (Å²) in [5.74, 6) is -1.26. The summed E-state index contributed by atoms with van der Waals surface area (Å²) < 4.78 is 49.2. The predicted octanol–water partition coefficient (Wildman–Crippen LogP) is 5.02. The SMILES string of the molecule is CCCC(Oc1ccc(/C=C/C(=O)OCCc2ccc(N3C(=O)C=CC3=O)cc2)cc1)C(F)(F)F. The van der Waals surface area contributed by atoms with Gasteiger partial charge >= 0.3 is 12.1 Å². The van der Waals surface area contributed by atoms with Gasteiger partial charge in [0.2, 0.25) is 0 Å². The Kier molecular flexibility index (Phi) is 8.46. The number of esters is 1. The van der Waals surface area contributed by atoms with E-state index >= 15 is 0 Å². The van der Waals surface area contributed by atoms with Gasteiger partial charge in [-0.05, 0) is 47.9 Å². The number of benzene rings is 2. The number of imide groups is 1. The predicted molar refractivity (Wildman–Crippen MR) is 124 cm³/mol. The van der Waals surface area contributed by atoms with Crippen LogP contribution in [0.25, 0.3) is 6.08 Å². The number of ether oxygens (including phenoxy) is 2. The summed E-state index contributed by atoms with van der Waals surface area (Å²) in [4.78, 5) is 36.4. The van der Waals surface area contributed by atoms with E-state index in [2.05, 4.69) is 0 Å². The van der Waals surface area contributed by atoms with Crippen molar-refractivity contribution < 1.29 is 37.0 Å². The second kappa shape index (κ2) is 11.5. The second-order valence-corrected chi connectivity index (χ2v) is 7.77. The lowest BCUT2D eigenvalue weighted by atomic mass is 10.1. The van der Waals surface area contributed by atoms with Crippen LogP contribution < -0.4 is 9.64 Å². The Morgan fingerprint density at radius 3 is 2.20 bits per heavy atom. The third-order valence-electron chi connectivity index (χ3n) is 5.13. The minimum atomic E-state index is -4.44. The number of rotatable bonds is 10. The summed E-state index contributed by atoms with van der Waals surface area (Å²) in [5.41, 5.74) is 1.92. The van der Waals surface area contributed by atoms with Gasteiger partial charge in [-0.25, -0.2) is 9.69 Å². The number of anilines is 1. The molecule has 1 unspecified atom stereocenters. The topological polar surface area (TPSA) is 72.9 Å². The third kappa shape index (κ3) is 7.30. The average molecular weight is 487 g/mol. The van der Waals surface area contributed by atoms with E-state index in [9.17, 15) is 27.6 Å². The van der Waals surface area contributed by atoms with Crippen LogP contribution in [0.3, 0.4) is 0 Å². The zero-order valence-electron chi connectivity index (χ0n) is 19.0. The molecule has 2 amide bonds. The fourth-order valence-corrected chi connectivity index (χ4v) is 3.32. The summed E-state index contributed by atoms with van der Waals surface area (Å²) in [6.07, 6.45) is -0.508. The monoisotopic (exact) mass is 487 g/mol. The minimum absolute atomic E-state index is 0.0984. The molecule has 0 saturated heterocycles. The van der Waals surface area contributed by atoms with Crippen LogP contribution in [-0.2, 0) is 25.5 Å². The molecule has 6 nitrogen and oxygen atoms in total. The first kappa shape index (κ1) is 25.7. The first-order valence-corrected chi connectivity index (χ1v) is 11.0. The molecule has 0 saturated carbocycles. The molecule has 0 spiro atoms. The molecule has 1 aliphatic heterocycles. The van der Waals surface area contributed by atoms with Gasteiger partial charge in [0.25, 0.3) is 11.8 Å². The van der Waals surface area contributed by atoms with Crippen LogP contribution in [0.2, 0.25) is 0 Å². The molecule has 0 N–H and O–H groups in total. The van der Waals surface area contributed by atoms with Crippen LogP contribution in [0.5, 0.6) is 5.75 Å².